The second-order valence-corrected chi connectivity index (χ2v) is 5.31. The molecule has 18 heavy (non-hydrogen) atoms. The van der Waals surface area contributed by atoms with Gasteiger partial charge in [-0.3, -0.25) is 4.98 Å². The van der Waals surface area contributed by atoms with Crippen molar-refractivity contribution in [3.63, 3.8) is 0 Å². The fraction of sp³-hybridized carbons (Fsp3) is 0.417. The molecule has 0 amide bonds. The fourth-order valence-electron chi connectivity index (χ4n) is 1.90. The molecule has 1 unspecified atom stereocenters. The minimum absolute atomic E-state index is 0.431. The largest absolute Gasteiger partial charge is 0.339 e. The van der Waals surface area contributed by atoms with Crippen LogP contribution in [-0.4, -0.2) is 39.2 Å². The van der Waals surface area contributed by atoms with E-state index in [-0.39, 0.29) is 0 Å². The van der Waals surface area contributed by atoms with Gasteiger partial charge in [-0.2, -0.15) is 16.7 Å². The van der Waals surface area contributed by atoms with E-state index in [9.17, 15) is 0 Å². The quantitative estimate of drug-likeness (QED) is 0.901. The van der Waals surface area contributed by atoms with Crippen LogP contribution in [0.1, 0.15) is 5.89 Å². The zero-order valence-electron chi connectivity index (χ0n) is 9.87. The first-order valence-electron chi connectivity index (χ1n) is 5.97. The molecule has 94 valence electrons. The molecule has 3 rings (SSSR count). The van der Waals surface area contributed by atoms with E-state index in [0.29, 0.717) is 17.8 Å². The second-order valence-electron chi connectivity index (χ2n) is 4.16. The van der Waals surface area contributed by atoms with Crippen molar-refractivity contribution in [3.05, 3.63) is 30.3 Å². The Morgan fingerprint density at radius 2 is 2.44 bits per heavy atom. The van der Waals surface area contributed by atoms with Crippen LogP contribution < -0.4 is 5.32 Å². The van der Waals surface area contributed by atoms with Gasteiger partial charge >= 0.3 is 0 Å². The monoisotopic (exact) mass is 262 g/mol. The third-order valence-electron chi connectivity index (χ3n) is 2.78. The smallest absolute Gasteiger partial charge is 0.228 e. The van der Waals surface area contributed by atoms with Crippen LogP contribution >= 0.6 is 11.8 Å². The molecule has 0 saturated carbocycles. The highest BCUT2D eigenvalue weighted by molar-refractivity contribution is 7.99. The van der Waals surface area contributed by atoms with Crippen molar-refractivity contribution in [2.24, 2.45) is 0 Å². The summed E-state index contributed by atoms with van der Waals surface area (Å²) in [5.41, 5.74) is 0.749. The van der Waals surface area contributed by atoms with Crippen molar-refractivity contribution >= 4 is 11.8 Å². The summed E-state index contributed by atoms with van der Waals surface area (Å²) < 4.78 is 5.27. The average Bonchev–Trinajstić information content (AvgIpc) is 2.89. The molecule has 1 atom stereocenters. The standard InChI is InChI=1S/C12H14N4OS/c1-2-4-14-10(3-1)12-15-11(17-16-12)7-9-8-18-6-5-13-9/h1-4,9,13H,5-8H2. The van der Waals surface area contributed by atoms with Gasteiger partial charge in [0.1, 0.15) is 5.69 Å². The summed E-state index contributed by atoms with van der Waals surface area (Å²) in [6.45, 7) is 1.05. The topological polar surface area (TPSA) is 63.8 Å². The van der Waals surface area contributed by atoms with E-state index in [1.165, 1.54) is 5.75 Å². The summed E-state index contributed by atoms with van der Waals surface area (Å²) in [4.78, 5) is 8.59. The summed E-state index contributed by atoms with van der Waals surface area (Å²) >= 11 is 1.96. The molecule has 3 heterocycles. The van der Waals surface area contributed by atoms with Crippen molar-refractivity contribution in [2.75, 3.05) is 18.1 Å². The minimum Gasteiger partial charge on any atom is -0.339 e. The molecule has 1 saturated heterocycles. The highest BCUT2D eigenvalue weighted by Gasteiger charge is 2.17. The van der Waals surface area contributed by atoms with Gasteiger partial charge in [-0.25, -0.2) is 0 Å². The highest BCUT2D eigenvalue weighted by Crippen LogP contribution is 2.15. The maximum Gasteiger partial charge on any atom is 0.228 e. The van der Waals surface area contributed by atoms with Gasteiger partial charge in [0.05, 0.1) is 0 Å². The maximum absolute atomic E-state index is 5.27. The molecule has 2 aromatic heterocycles. The van der Waals surface area contributed by atoms with Crippen LogP contribution in [0.3, 0.4) is 0 Å². The van der Waals surface area contributed by atoms with Crippen molar-refractivity contribution in [2.45, 2.75) is 12.5 Å². The zero-order chi connectivity index (χ0) is 12.2. The molecule has 5 nitrogen and oxygen atoms in total. The Hall–Kier alpha value is -1.40. The third-order valence-corrected chi connectivity index (χ3v) is 3.91. The fourth-order valence-corrected chi connectivity index (χ4v) is 2.85. The molecule has 0 bridgehead atoms. The first kappa shape index (κ1) is 11.7. The first-order valence-corrected chi connectivity index (χ1v) is 7.12. The zero-order valence-corrected chi connectivity index (χ0v) is 10.7. The lowest BCUT2D eigenvalue weighted by Gasteiger charge is -2.21. The Labute approximate surface area is 109 Å². The Bertz CT molecular complexity index is 496. The molecular formula is C12H14N4OS. The van der Waals surface area contributed by atoms with E-state index in [4.69, 9.17) is 4.52 Å². The third kappa shape index (κ3) is 2.70. The molecule has 2 aromatic rings. The lowest BCUT2D eigenvalue weighted by Crippen LogP contribution is -2.38. The predicted molar refractivity (Wildman–Crippen MR) is 70.3 cm³/mol. The van der Waals surface area contributed by atoms with Crippen LogP contribution in [0.25, 0.3) is 11.5 Å². The van der Waals surface area contributed by atoms with E-state index < -0.39 is 0 Å². The van der Waals surface area contributed by atoms with Crippen molar-refractivity contribution < 1.29 is 4.52 Å². The number of thioether (sulfide) groups is 1. The van der Waals surface area contributed by atoms with Gasteiger partial charge in [0.2, 0.25) is 11.7 Å². The molecular weight excluding hydrogens is 248 g/mol. The van der Waals surface area contributed by atoms with Gasteiger partial charge in [-0.1, -0.05) is 11.2 Å². The predicted octanol–water partition coefficient (Wildman–Crippen LogP) is 1.38. The summed E-state index contributed by atoms with van der Waals surface area (Å²) in [7, 11) is 0. The SMILES string of the molecule is c1ccc(-c2noc(CC3CSCCN3)n2)nc1. The summed E-state index contributed by atoms with van der Waals surface area (Å²) in [5, 5.41) is 7.42. The number of hydrogen-bond acceptors (Lipinski definition) is 6. The van der Waals surface area contributed by atoms with E-state index in [0.717, 1.165) is 24.4 Å². The summed E-state index contributed by atoms with van der Waals surface area (Å²) in [6.07, 6.45) is 2.51. The second kappa shape index (κ2) is 5.49. The van der Waals surface area contributed by atoms with Crippen LogP contribution in [0.2, 0.25) is 0 Å². The number of hydrogen-bond donors (Lipinski definition) is 1. The molecule has 6 heteroatoms. The van der Waals surface area contributed by atoms with Gasteiger partial charge < -0.3 is 9.84 Å². The molecule has 0 aliphatic carbocycles. The summed E-state index contributed by atoms with van der Waals surface area (Å²) in [5.74, 6) is 3.52. The summed E-state index contributed by atoms with van der Waals surface area (Å²) in [6, 6.07) is 6.09. The van der Waals surface area contributed by atoms with Crippen molar-refractivity contribution in [3.8, 4) is 11.5 Å². The van der Waals surface area contributed by atoms with Crippen LogP contribution in [0, 0.1) is 0 Å². The van der Waals surface area contributed by atoms with E-state index in [1.807, 2.05) is 30.0 Å². The Morgan fingerprint density at radius 1 is 1.44 bits per heavy atom. The Kier molecular flexibility index (Phi) is 3.56. The highest BCUT2D eigenvalue weighted by atomic mass is 32.2. The van der Waals surface area contributed by atoms with E-state index in [2.05, 4.69) is 20.4 Å². The molecule has 1 aliphatic rings. The van der Waals surface area contributed by atoms with Crippen LogP contribution in [0.5, 0.6) is 0 Å². The van der Waals surface area contributed by atoms with Crippen LogP contribution in [0.4, 0.5) is 0 Å². The van der Waals surface area contributed by atoms with Crippen LogP contribution in [0.15, 0.2) is 28.9 Å². The van der Waals surface area contributed by atoms with Crippen molar-refractivity contribution in [1.82, 2.24) is 20.4 Å². The van der Waals surface area contributed by atoms with Crippen molar-refractivity contribution in [1.29, 1.82) is 0 Å². The molecule has 0 aromatic carbocycles. The minimum atomic E-state index is 0.431. The van der Waals surface area contributed by atoms with Crippen LogP contribution in [-0.2, 0) is 6.42 Å². The van der Waals surface area contributed by atoms with Gasteiger partial charge in [0.15, 0.2) is 0 Å². The Morgan fingerprint density at radius 3 is 3.22 bits per heavy atom. The van der Waals surface area contributed by atoms with E-state index >= 15 is 0 Å². The number of nitrogens with zero attached hydrogens (tertiary/aromatic N) is 3. The van der Waals surface area contributed by atoms with Gasteiger partial charge in [0, 0.05) is 36.7 Å². The number of pyridine rings is 1. The number of aromatic nitrogens is 3. The van der Waals surface area contributed by atoms with Gasteiger partial charge in [-0.05, 0) is 12.1 Å². The molecule has 1 aliphatic heterocycles. The maximum atomic E-state index is 5.27. The average molecular weight is 262 g/mol. The number of rotatable bonds is 3. The number of nitrogens with one attached hydrogen (secondary N) is 1. The molecule has 1 fully saturated rings. The van der Waals surface area contributed by atoms with Gasteiger partial charge in [0.25, 0.3) is 0 Å². The lowest BCUT2D eigenvalue weighted by atomic mass is 10.2. The normalized spacial score (nSPS) is 19.9. The molecule has 0 spiro atoms. The molecule has 0 radical (unpaired) electrons. The Balaban J connectivity index is 1.69. The molecule has 1 N–H and O–H groups in total. The lowest BCUT2D eigenvalue weighted by molar-refractivity contribution is 0.363. The van der Waals surface area contributed by atoms with E-state index in [1.54, 1.807) is 6.20 Å². The first-order chi connectivity index (χ1) is 8.92. The van der Waals surface area contributed by atoms with Gasteiger partial charge in [-0.15, -0.1) is 0 Å².